The average molecular weight is 493 g/mol. The number of hydrogen-bond acceptors (Lipinski definition) is 9. The third kappa shape index (κ3) is 6.83. The Morgan fingerprint density at radius 1 is 1.16 bits per heavy atom. The number of aliphatic hydroxyl groups excluding tert-OH is 1. The maximum Gasteiger partial charge on any atom is 0.297 e. The van der Waals surface area contributed by atoms with Gasteiger partial charge in [-0.3, -0.25) is 4.18 Å². The molecule has 2 aliphatic heterocycles. The molecule has 10 heteroatoms. The first kappa shape index (κ1) is 25.3. The quantitative estimate of drug-likeness (QED) is 0.522. The van der Waals surface area contributed by atoms with Crippen LogP contribution in [0.2, 0.25) is 0 Å². The molecule has 0 saturated carbocycles. The second-order valence-electron chi connectivity index (χ2n) is 8.22. The average Bonchev–Trinajstić information content (AvgIpc) is 3.07. The van der Waals surface area contributed by atoms with Crippen molar-refractivity contribution in [2.45, 2.75) is 73.3 Å². The van der Waals surface area contributed by atoms with Gasteiger partial charge in [-0.05, 0) is 57.3 Å². The van der Waals surface area contributed by atoms with Crippen LogP contribution < -0.4 is 0 Å². The van der Waals surface area contributed by atoms with Crippen LogP contribution in [0.1, 0.15) is 32.3 Å². The summed E-state index contributed by atoms with van der Waals surface area (Å²) in [6.07, 6.45) is -0.847. The highest BCUT2D eigenvalue weighted by Gasteiger charge is 2.49. The Kier molecular flexibility index (Phi) is 8.76. The third-order valence-corrected chi connectivity index (χ3v) is 9.53. The third-order valence-electron chi connectivity index (χ3n) is 5.24. The molecule has 0 unspecified atom stereocenters. The first-order chi connectivity index (χ1) is 14.6. The fourth-order valence-corrected chi connectivity index (χ4v) is 7.52. The van der Waals surface area contributed by atoms with Crippen molar-refractivity contribution in [3.8, 4) is 0 Å². The second-order valence-corrected chi connectivity index (χ2v) is 12.8. The summed E-state index contributed by atoms with van der Waals surface area (Å²) in [5.74, 6) is 1.33. The minimum atomic E-state index is -3.99. The molecular formula is C21H32O7S3. The van der Waals surface area contributed by atoms with Gasteiger partial charge in [0, 0.05) is 7.11 Å². The Morgan fingerprint density at radius 2 is 1.77 bits per heavy atom. The van der Waals surface area contributed by atoms with E-state index in [-0.39, 0.29) is 11.0 Å². The summed E-state index contributed by atoms with van der Waals surface area (Å²) in [6, 6.07) is 6.37. The van der Waals surface area contributed by atoms with Gasteiger partial charge in [0.15, 0.2) is 5.79 Å². The Bertz CT molecular complexity index is 807. The van der Waals surface area contributed by atoms with Crippen molar-refractivity contribution in [3.63, 3.8) is 0 Å². The van der Waals surface area contributed by atoms with Crippen LogP contribution in [0.25, 0.3) is 0 Å². The van der Waals surface area contributed by atoms with E-state index in [1.165, 1.54) is 18.6 Å². The van der Waals surface area contributed by atoms with Gasteiger partial charge in [-0.25, -0.2) is 0 Å². The molecule has 2 heterocycles. The number of aliphatic hydroxyl groups is 1. The van der Waals surface area contributed by atoms with E-state index in [4.69, 9.17) is 18.4 Å². The summed E-state index contributed by atoms with van der Waals surface area (Å²) in [5.41, 5.74) is 0.945. The van der Waals surface area contributed by atoms with Gasteiger partial charge in [0.05, 0.1) is 22.2 Å². The highest BCUT2D eigenvalue weighted by atomic mass is 32.2. The molecule has 0 aromatic heterocycles. The van der Waals surface area contributed by atoms with Crippen LogP contribution in [0.15, 0.2) is 29.2 Å². The standard InChI is InChI=1S/C21H32O7S3/c1-14-6-8-15(9-7-14)31(23,24)26-13-16(22)19-20(28-21(2,3)27-19)17(25-4)12-18-29-10-5-11-30-18/h6-9,16-20,22H,5,10-13H2,1-4H3/t16-,17+,19-,20-/m1/s1. The molecule has 176 valence electrons. The van der Waals surface area contributed by atoms with Gasteiger partial charge in [0.1, 0.15) is 18.3 Å². The Morgan fingerprint density at radius 3 is 2.39 bits per heavy atom. The van der Waals surface area contributed by atoms with Crippen LogP contribution in [0.4, 0.5) is 0 Å². The maximum absolute atomic E-state index is 12.5. The fraction of sp³-hybridized carbons (Fsp3) is 0.714. The molecular weight excluding hydrogens is 460 g/mol. The summed E-state index contributed by atoms with van der Waals surface area (Å²) in [6.45, 7) is 4.98. The first-order valence-electron chi connectivity index (χ1n) is 10.4. The lowest BCUT2D eigenvalue weighted by Crippen LogP contribution is -2.46. The van der Waals surface area contributed by atoms with Crippen molar-refractivity contribution >= 4 is 33.6 Å². The van der Waals surface area contributed by atoms with E-state index in [9.17, 15) is 13.5 Å². The molecule has 1 N–H and O–H groups in total. The molecule has 2 fully saturated rings. The Balaban J connectivity index is 1.66. The summed E-state index contributed by atoms with van der Waals surface area (Å²) < 4.78 is 48.3. The molecule has 0 bridgehead atoms. The molecule has 2 saturated heterocycles. The zero-order chi connectivity index (χ0) is 22.6. The van der Waals surface area contributed by atoms with Crippen molar-refractivity contribution in [2.75, 3.05) is 25.2 Å². The second kappa shape index (κ2) is 10.7. The monoisotopic (exact) mass is 492 g/mol. The SMILES string of the molecule is CO[C@@H](CC1SCCCS1)[C@H]1OC(C)(C)O[C@@H]1[C@H](O)COS(=O)(=O)c1ccc(C)cc1. The van der Waals surface area contributed by atoms with Crippen LogP contribution in [-0.2, 0) is 28.5 Å². The number of benzene rings is 1. The molecule has 7 nitrogen and oxygen atoms in total. The van der Waals surface area contributed by atoms with Gasteiger partial charge in [-0.2, -0.15) is 8.42 Å². The van der Waals surface area contributed by atoms with Crippen molar-refractivity contribution < 1.29 is 31.9 Å². The predicted octanol–water partition coefficient (Wildman–Crippen LogP) is 3.18. The molecule has 1 aromatic rings. The van der Waals surface area contributed by atoms with Crippen LogP contribution in [0.3, 0.4) is 0 Å². The van der Waals surface area contributed by atoms with Gasteiger partial charge in [0.2, 0.25) is 0 Å². The van der Waals surface area contributed by atoms with Crippen molar-refractivity contribution in [1.29, 1.82) is 0 Å². The van der Waals surface area contributed by atoms with E-state index in [0.29, 0.717) is 4.58 Å². The smallest absolute Gasteiger partial charge is 0.297 e. The van der Waals surface area contributed by atoms with Crippen molar-refractivity contribution in [2.24, 2.45) is 0 Å². The number of methoxy groups -OCH3 is 1. The zero-order valence-corrected chi connectivity index (χ0v) is 20.8. The predicted molar refractivity (Wildman–Crippen MR) is 123 cm³/mol. The van der Waals surface area contributed by atoms with E-state index in [1.54, 1.807) is 33.1 Å². The molecule has 0 spiro atoms. The summed E-state index contributed by atoms with van der Waals surface area (Å²) >= 11 is 3.82. The summed E-state index contributed by atoms with van der Waals surface area (Å²) in [4.78, 5) is 0.0480. The number of hydrogen-bond donors (Lipinski definition) is 1. The van der Waals surface area contributed by atoms with E-state index in [0.717, 1.165) is 23.5 Å². The largest absolute Gasteiger partial charge is 0.388 e. The van der Waals surface area contributed by atoms with Crippen LogP contribution in [0, 0.1) is 6.92 Å². The first-order valence-corrected chi connectivity index (χ1v) is 13.9. The van der Waals surface area contributed by atoms with E-state index in [1.807, 2.05) is 30.4 Å². The van der Waals surface area contributed by atoms with Crippen LogP contribution >= 0.6 is 23.5 Å². The van der Waals surface area contributed by atoms with E-state index >= 15 is 0 Å². The lowest BCUT2D eigenvalue weighted by Gasteiger charge is -2.31. The lowest BCUT2D eigenvalue weighted by molar-refractivity contribution is -0.162. The van der Waals surface area contributed by atoms with Crippen molar-refractivity contribution in [1.82, 2.24) is 0 Å². The summed E-state index contributed by atoms with van der Waals surface area (Å²) in [5, 5.41) is 10.8. The van der Waals surface area contributed by atoms with Gasteiger partial charge < -0.3 is 19.3 Å². The van der Waals surface area contributed by atoms with Crippen LogP contribution in [-0.4, -0.2) is 73.5 Å². The topological polar surface area (TPSA) is 91.3 Å². The lowest BCUT2D eigenvalue weighted by atomic mass is 10.0. The van der Waals surface area contributed by atoms with Gasteiger partial charge >= 0.3 is 0 Å². The van der Waals surface area contributed by atoms with E-state index < -0.39 is 40.8 Å². The minimum Gasteiger partial charge on any atom is -0.388 e. The highest BCUT2D eigenvalue weighted by Crippen LogP contribution is 2.39. The normalized spacial score (nSPS) is 26.6. The molecule has 4 atom stereocenters. The number of rotatable bonds is 9. The van der Waals surface area contributed by atoms with Gasteiger partial charge in [0.25, 0.3) is 10.1 Å². The minimum absolute atomic E-state index is 0.0480. The van der Waals surface area contributed by atoms with Crippen LogP contribution in [0.5, 0.6) is 0 Å². The molecule has 3 rings (SSSR count). The molecule has 1 aromatic carbocycles. The Labute approximate surface area is 193 Å². The number of thioether (sulfide) groups is 2. The molecule has 31 heavy (non-hydrogen) atoms. The molecule has 0 aliphatic carbocycles. The molecule has 0 radical (unpaired) electrons. The molecule has 2 aliphatic rings. The number of aryl methyl sites for hydroxylation is 1. The summed E-state index contributed by atoms with van der Waals surface area (Å²) in [7, 11) is -2.37. The van der Waals surface area contributed by atoms with E-state index in [2.05, 4.69) is 0 Å². The van der Waals surface area contributed by atoms with Gasteiger partial charge in [-0.1, -0.05) is 17.7 Å². The maximum atomic E-state index is 12.5. The molecule has 0 amide bonds. The zero-order valence-electron chi connectivity index (χ0n) is 18.4. The highest BCUT2D eigenvalue weighted by molar-refractivity contribution is 8.17. The number of ether oxygens (including phenoxy) is 3. The van der Waals surface area contributed by atoms with Crippen molar-refractivity contribution in [3.05, 3.63) is 29.8 Å². The fourth-order valence-electron chi connectivity index (χ4n) is 3.66. The van der Waals surface area contributed by atoms with Gasteiger partial charge in [-0.15, -0.1) is 23.5 Å². The Hall–Kier alpha value is -0.330.